The third-order valence-electron chi connectivity index (χ3n) is 0. The van der Waals surface area contributed by atoms with E-state index in [9.17, 15) is 0 Å². The molecular weight excluding hydrogens is 169 g/mol. The van der Waals surface area contributed by atoms with Crippen molar-refractivity contribution >= 4 is 38.2 Å². The average Bonchev–Trinajstić information content (AvgIpc) is 0.918. The molecule has 0 saturated carbocycles. The van der Waals surface area contributed by atoms with Crippen molar-refractivity contribution in [2.75, 3.05) is 0 Å². The Morgan fingerprint density at radius 2 is 1.75 bits per heavy atom. The Labute approximate surface area is 45.0 Å². The van der Waals surface area contributed by atoms with Gasteiger partial charge in [0.25, 0.3) is 0 Å². The van der Waals surface area contributed by atoms with Gasteiger partial charge in [0.1, 0.15) is 0 Å². The second-order valence-corrected chi connectivity index (χ2v) is 0.919. The predicted molar refractivity (Wildman–Crippen MR) is 22.1 cm³/mol. The second-order valence-electron chi connectivity index (χ2n) is 0.177. The van der Waals surface area contributed by atoms with E-state index in [1.807, 2.05) is 0 Å². The summed E-state index contributed by atoms with van der Waals surface area (Å²) < 4.78 is 2.50. The summed E-state index contributed by atoms with van der Waals surface area (Å²) in [5, 5.41) is 0. The minimum Gasteiger partial charge on any atom is 0 e. The fraction of sp³-hybridized carbons (Fsp3) is 0. The van der Waals surface area contributed by atoms with Crippen molar-refractivity contribution in [1.29, 1.82) is 0 Å². The molecule has 2 heteroatoms. The van der Waals surface area contributed by atoms with E-state index in [2.05, 4.69) is 11.1 Å². The summed E-state index contributed by atoms with van der Waals surface area (Å²) in [7, 11) is 0. The van der Waals surface area contributed by atoms with Crippen LogP contribution in [0.1, 0.15) is 0 Å². The fourth-order valence-electron chi connectivity index (χ4n) is 0. The molecule has 0 heterocycles. The molecule has 0 rings (SSSR count). The molecule has 0 N–H and O–H groups in total. The van der Waals surface area contributed by atoms with E-state index in [1.165, 1.54) is 0 Å². The van der Waals surface area contributed by atoms with Gasteiger partial charge in [-0.15, -0.1) is 0 Å². The Hall–Kier alpha value is 0.736. The van der Waals surface area contributed by atoms with E-state index in [-0.39, 0.29) is 17.6 Å². The summed E-state index contributed by atoms with van der Waals surface area (Å²) in [6.45, 7) is 3.24. The first-order chi connectivity index (χ1) is 1.41. The van der Waals surface area contributed by atoms with Crippen LogP contribution in [0.2, 0.25) is 0 Å². The molecule has 0 aliphatic rings. The molecular formula is C2H2Ge2. The average molecular weight is 171 g/mol. The maximum Gasteiger partial charge on any atom is 0 e. The smallest absolute Gasteiger partial charge is 0 e. The number of rotatable bonds is 0. The normalized spacial score (nSPS) is 2.00. The summed E-state index contributed by atoms with van der Waals surface area (Å²) >= 11 is 1.76. The van der Waals surface area contributed by atoms with Crippen molar-refractivity contribution in [3.05, 3.63) is 6.58 Å². The molecule has 0 fully saturated rings. The topological polar surface area (TPSA) is 0 Å². The molecule has 0 aromatic carbocycles. The predicted octanol–water partition coefficient (Wildman–Crippen LogP) is -0.639. The van der Waals surface area contributed by atoms with Crippen LogP contribution in [0, 0.1) is 0 Å². The SMILES string of the molecule is C=[C]=[Ge].[Ge]. The second kappa shape index (κ2) is 9.28. The maximum atomic E-state index is 3.24. The molecule has 0 nitrogen and oxygen atoms in total. The first-order valence-electron chi connectivity index (χ1n) is 0.604. The standard InChI is InChI=1S/C2H2Ge.Ge/c1-2-3;/h1H2;. The van der Waals surface area contributed by atoms with Gasteiger partial charge in [0, 0.05) is 17.6 Å². The minimum absolute atomic E-state index is 0. The molecule has 0 spiro atoms. The van der Waals surface area contributed by atoms with Crippen LogP contribution in [0.25, 0.3) is 0 Å². The van der Waals surface area contributed by atoms with Crippen molar-refractivity contribution in [1.82, 2.24) is 0 Å². The summed E-state index contributed by atoms with van der Waals surface area (Å²) in [5.41, 5.74) is 0. The Bertz CT molecular complexity index is 25.0. The van der Waals surface area contributed by atoms with Gasteiger partial charge in [0.15, 0.2) is 0 Å². The molecule has 4 heavy (non-hydrogen) atoms. The van der Waals surface area contributed by atoms with Crippen LogP contribution in [0.15, 0.2) is 6.58 Å². The Morgan fingerprint density at radius 3 is 1.75 bits per heavy atom. The van der Waals surface area contributed by atoms with Crippen LogP contribution < -0.4 is 0 Å². The fourth-order valence-corrected chi connectivity index (χ4v) is 0. The Kier molecular flexibility index (Phi) is 20.5. The first-order valence-corrected chi connectivity index (χ1v) is 1.65. The largest absolute Gasteiger partial charge is 0 e. The monoisotopic (exact) mass is 174 g/mol. The molecule has 0 aliphatic heterocycles. The van der Waals surface area contributed by atoms with Crippen molar-refractivity contribution in [3.8, 4) is 0 Å². The zero-order valence-corrected chi connectivity index (χ0v) is 6.40. The molecule has 0 atom stereocenters. The molecule has 0 bridgehead atoms. The molecule has 0 aromatic heterocycles. The molecule has 0 saturated heterocycles. The van der Waals surface area contributed by atoms with Gasteiger partial charge < -0.3 is 0 Å². The van der Waals surface area contributed by atoms with Gasteiger partial charge in [-0.25, -0.2) is 0 Å². The van der Waals surface area contributed by atoms with E-state index >= 15 is 0 Å². The van der Waals surface area contributed by atoms with Crippen molar-refractivity contribution in [2.24, 2.45) is 0 Å². The van der Waals surface area contributed by atoms with E-state index in [4.69, 9.17) is 0 Å². The molecule has 0 aromatic rings. The maximum absolute atomic E-state index is 3.24. The Balaban J connectivity index is 0. The van der Waals surface area contributed by atoms with Crippen molar-refractivity contribution in [2.45, 2.75) is 0 Å². The number of hydrogen-bond donors (Lipinski definition) is 0. The summed E-state index contributed by atoms with van der Waals surface area (Å²) in [5.74, 6) is 0. The quantitative estimate of drug-likeness (QED) is 0.425. The summed E-state index contributed by atoms with van der Waals surface area (Å²) in [6, 6.07) is 0. The molecule has 18 valence electrons. The third-order valence-corrected chi connectivity index (χ3v) is 0. The van der Waals surface area contributed by atoms with Crippen LogP contribution >= 0.6 is 0 Å². The van der Waals surface area contributed by atoms with Crippen LogP contribution in [0.5, 0.6) is 0 Å². The first kappa shape index (κ1) is 8.83. The van der Waals surface area contributed by atoms with Gasteiger partial charge in [-0.05, 0) is 0 Å². The molecule has 6 radical (unpaired) electrons. The van der Waals surface area contributed by atoms with E-state index < -0.39 is 0 Å². The van der Waals surface area contributed by atoms with Crippen LogP contribution in [-0.2, 0) is 0 Å². The van der Waals surface area contributed by atoms with Gasteiger partial charge in [-0.2, -0.15) is 0 Å². The van der Waals surface area contributed by atoms with Crippen LogP contribution in [0.3, 0.4) is 0 Å². The van der Waals surface area contributed by atoms with Crippen molar-refractivity contribution in [3.63, 3.8) is 0 Å². The van der Waals surface area contributed by atoms with Gasteiger partial charge >= 0.3 is 27.2 Å². The van der Waals surface area contributed by atoms with Crippen LogP contribution in [-0.4, -0.2) is 38.2 Å². The van der Waals surface area contributed by atoms with Gasteiger partial charge in [0.05, 0.1) is 0 Å². The van der Waals surface area contributed by atoms with E-state index in [1.54, 1.807) is 16.1 Å². The van der Waals surface area contributed by atoms with Gasteiger partial charge in [0.2, 0.25) is 0 Å². The van der Waals surface area contributed by atoms with E-state index in [0.717, 1.165) is 0 Å². The zero-order valence-electron chi connectivity index (χ0n) is 2.21. The van der Waals surface area contributed by atoms with Crippen LogP contribution in [0.4, 0.5) is 0 Å². The van der Waals surface area contributed by atoms with Crippen molar-refractivity contribution < 1.29 is 0 Å². The molecule has 0 aliphatic carbocycles. The van der Waals surface area contributed by atoms with Gasteiger partial charge in [-0.3, -0.25) is 0 Å². The Morgan fingerprint density at radius 1 is 1.75 bits per heavy atom. The van der Waals surface area contributed by atoms with E-state index in [0.29, 0.717) is 0 Å². The molecule has 0 unspecified atom stereocenters. The zero-order chi connectivity index (χ0) is 2.71. The van der Waals surface area contributed by atoms with Gasteiger partial charge in [-0.1, -0.05) is 0 Å². The number of hydrogen-bond acceptors (Lipinski definition) is 0. The minimum atomic E-state index is 0. The third kappa shape index (κ3) is 15.2. The summed E-state index contributed by atoms with van der Waals surface area (Å²) in [4.78, 5) is 0. The summed E-state index contributed by atoms with van der Waals surface area (Å²) in [6.07, 6.45) is 0. The molecule has 0 amide bonds.